The third-order valence-electron chi connectivity index (χ3n) is 6.85. The molecule has 1 atom stereocenters. The van der Waals surface area contributed by atoms with Crippen molar-refractivity contribution in [3.8, 4) is 0 Å². The fraction of sp³-hybridized carbons (Fsp3) is 0.760. The van der Waals surface area contributed by atoms with Crippen molar-refractivity contribution in [3.63, 3.8) is 0 Å². The molecule has 2 saturated carbocycles. The predicted molar refractivity (Wildman–Crippen MR) is 122 cm³/mol. The first kappa shape index (κ1) is 21.3. The van der Waals surface area contributed by atoms with Gasteiger partial charge in [-0.15, -0.1) is 0 Å². The Bertz CT molecular complexity index is 503. The summed E-state index contributed by atoms with van der Waals surface area (Å²) in [5, 5.41) is 0. The summed E-state index contributed by atoms with van der Waals surface area (Å²) < 4.78 is 0. The molecule has 0 saturated heterocycles. The van der Waals surface area contributed by atoms with Crippen LogP contribution in [0.5, 0.6) is 0 Å². The lowest BCUT2D eigenvalue weighted by atomic mass is 9.99. The zero-order chi connectivity index (χ0) is 19.2. The second-order valence-electron chi connectivity index (χ2n) is 9.45. The molecule has 0 N–H and O–H groups in total. The van der Waals surface area contributed by atoms with Gasteiger partial charge >= 0.3 is 0 Å². The number of nitrogens with zero attached hydrogens (tertiary/aromatic N) is 1. The minimum absolute atomic E-state index is 0.0150. The van der Waals surface area contributed by atoms with Crippen LogP contribution < -0.4 is 0 Å². The minimum Gasteiger partial charge on any atom is -0.288 e. The van der Waals surface area contributed by atoms with Gasteiger partial charge in [-0.25, -0.2) is 0 Å². The van der Waals surface area contributed by atoms with E-state index in [0.29, 0.717) is 17.9 Å². The molecule has 0 aliphatic heterocycles. The Balaban J connectivity index is 2.02. The van der Waals surface area contributed by atoms with Crippen molar-refractivity contribution in [1.29, 1.82) is 0 Å². The normalized spacial score (nSPS) is 21.5. The summed E-state index contributed by atoms with van der Waals surface area (Å²) in [4.78, 5) is 2.88. The van der Waals surface area contributed by atoms with Crippen LogP contribution in [0.3, 0.4) is 0 Å². The highest BCUT2D eigenvalue weighted by Gasteiger charge is 2.41. The van der Waals surface area contributed by atoms with Gasteiger partial charge in [0, 0.05) is 12.1 Å². The molecule has 2 fully saturated rings. The molecule has 27 heavy (non-hydrogen) atoms. The fourth-order valence-corrected chi connectivity index (χ4v) is 10.4. The minimum atomic E-state index is -0.0150. The Labute approximate surface area is 170 Å². The van der Waals surface area contributed by atoms with Gasteiger partial charge in [0.1, 0.15) is 0 Å². The van der Waals surface area contributed by atoms with Gasteiger partial charge in [0.15, 0.2) is 0 Å². The van der Waals surface area contributed by atoms with Gasteiger partial charge < -0.3 is 0 Å². The van der Waals surface area contributed by atoms with E-state index in [1.165, 1.54) is 64.2 Å². The van der Waals surface area contributed by atoms with Crippen LogP contribution in [0, 0.1) is 0 Å². The Morgan fingerprint density at radius 3 is 1.56 bits per heavy atom. The Morgan fingerprint density at radius 1 is 0.704 bits per heavy atom. The smallest absolute Gasteiger partial charge is 0.0556 e. The highest BCUT2D eigenvalue weighted by atomic mass is 31.1. The summed E-state index contributed by atoms with van der Waals surface area (Å²) >= 11 is 0. The van der Waals surface area contributed by atoms with Crippen molar-refractivity contribution in [2.75, 3.05) is 0 Å². The van der Waals surface area contributed by atoms with Crippen LogP contribution >= 0.6 is 7.92 Å². The van der Waals surface area contributed by atoms with Gasteiger partial charge in [0.25, 0.3) is 0 Å². The largest absolute Gasteiger partial charge is 0.288 e. The molecule has 1 aromatic carbocycles. The average Bonchev–Trinajstić information content (AvgIpc) is 2.69. The number of benzene rings is 1. The standard InChI is InChI=1S/C25H42NP/c1-20(2)26(21(3)4)25(22-14-8-5-9-15-22)27(23-16-10-6-11-17-23)24-18-12-7-13-19-24/h5,8-9,14-15,20-21,23-25H,6-7,10-13,16-19H2,1-4H3. The molecular weight excluding hydrogens is 345 g/mol. The zero-order valence-electron chi connectivity index (χ0n) is 18.2. The van der Waals surface area contributed by atoms with Gasteiger partial charge in [0.2, 0.25) is 0 Å². The molecule has 3 rings (SSSR count). The maximum absolute atomic E-state index is 2.88. The van der Waals surface area contributed by atoms with E-state index in [1.807, 2.05) is 0 Å². The maximum Gasteiger partial charge on any atom is 0.0556 e. The lowest BCUT2D eigenvalue weighted by Gasteiger charge is -2.49. The molecule has 0 heterocycles. The molecule has 0 bridgehead atoms. The lowest BCUT2D eigenvalue weighted by molar-refractivity contribution is 0.155. The van der Waals surface area contributed by atoms with E-state index in [-0.39, 0.29) is 7.92 Å². The van der Waals surface area contributed by atoms with Crippen LogP contribution in [0.4, 0.5) is 0 Å². The van der Waals surface area contributed by atoms with Crippen molar-refractivity contribution in [3.05, 3.63) is 35.9 Å². The topological polar surface area (TPSA) is 3.24 Å². The van der Waals surface area contributed by atoms with E-state index >= 15 is 0 Å². The van der Waals surface area contributed by atoms with Crippen LogP contribution in [0.15, 0.2) is 30.3 Å². The second kappa shape index (κ2) is 10.4. The first-order valence-corrected chi connectivity index (χ1v) is 13.2. The summed E-state index contributed by atoms with van der Waals surface area (Å²) in [6.45, 7) is 9.69. The van der Waals surface area contributed by atoms with Crippen LogP contribution in [0.2, 0.25) is 0 Å². The van der Waals surface area contributed by atoms with Gasteiger partial charge in [-0.3, -0.25) is 4.90 Å². The lowest BCUT2D eigenvalue weighted by Crippen LogP contribution is -2.42. The molecule has 0 aromatic heterocycles. The highest BCUT2D eigenvalue weighted by Crippen LogP contribution is 2.65. The monoisotopic (exact) mass is 387 g/mol. The Morgan fingerprint density at radius 2 is 1.15 bits per heavy atom. The van der Waals surface area contributed by atoms with Crippen LogP contribution in [0.25, 0.3) is 0 Å². The molecule has 152 valence electrons. The van der Waals surface area contributed by atoms with Crippen LogP contribution in [0.1, 0.15) is 103 Å². The molecule has 2 aliphatic rings. The van der Waals surface area contributed by atoms with Crippen molar-refractivity contribution in [2.45, 2.75) is 121 Å². The van der Waals surface area contributed by atoms with E-state index in [9.17, 15) is 0 Å². The molecule has 1 aromatic rings. The molecular formula is C25H42NP. The number of hydrogen-bond acceptors (Lipinski definition) is 1. The van der Waals surface area contributed by atoms with Crippen molar-refractivity contribution < 1.29 is 0 Å². The van der Waals surface area contributed by atoms with Crippen molar-refractivity contribution >= 4 is 7.92 Å². The predicted octanol–water partition coefficient (Wildman–Crippen LogP) is 7.95. The SMILES string of the molecule is CC(C)N(C(C)C)C(c1ccccc1)P(C1CCCCC1)C1CCCCC1. The Hall–Kier alpha value is -0.390. The molecule has 0 spiro atoms. The van der Waals surface area contributed by atoms with Crippen LogP contribution in [-0.2, 0) is 0 Å². The molecule has 1 nitrogen and oxygen atoms in total. The van der Waals surface area contributed by atoms with Gasteiger partial charge in [-0.1, -0.05) is 76.8 Å². The molecule has 2 aliphatic carbocycles. The first-order valence-electron chi connectivity index (χ1n) is 11.7. The van der Waals surface area contributed by atoms with Gasteiger partial charge in [-0.2, -0.15) is 0 Å². The van der Waals surface area contributed by atoms with Gasteiger partial charge in [-0.05, 0) is 70.3 Å². The van der Waals surface area contributed by atoms with Crippen molar-refractivity contribution in [1.82, 2.24) is 4.90 Å². The van der Waals surface area contributed by atoms with E-state index < -0.39 is 0 Å². The van der Waals surface area contributed by atoms with Crippen LogP contribution in [-0.4, -0.2) is 28.3 Å². The Kier molecular flexibility index (Phi) is 8.22. The highest BCUT2D eigenvalue weighted by molar-refractivity contribution is 7.59. The third-order valence-corrected chi connectivity index (χ3v) is 10.7. The fourth-order valence-electron chi connectivity index (χ4n) is 5.74. The number of hydrogen-bond donors (Lipinski definition) is 0. The molecule has 0 amide bonds. The third kappa shape index (κ3) is 5.36. The molecule has 2 heteroatoms. The van der Waals surface area contributed by atoms with E-state index in [4.69, 9.17) is 0 Å². The summed E-state index contributed by atoms with van der Waals surface area (Å²) in [6.07, 6.45) is 14.8. The molecule has 1 unspecified atom stereocenters. The second-order valence-corrected chi connectivity index (χ2v) is 12.3. The van der Waals surface area contributed by atoms with E-state index in [2.05, 4.69) is 62.9 Å². The summed E-state index contributed by atoms with van der Waals surface area (Å²) in [5.74, 6) is 0.646. The first-order chi connectivity index (χ1) is 13.1. The summed E-state index contributed by atoms with van der Waals surface area (Å²) in [6, 6.07) is 12.8. The molecule has 0 radical (unpaired) electrons. The summed E-state index contributed by atoms with van der Waals surface area (Å²) in [5.41, 5.74) is 3.58. The average molecular weight is 388 g/mol. The van der Waals surface area contributed by atoms with Crippen molar-refractivity contribution in [2.24, 2.45) is 0 Å². The maximum atomic E-state index is 2.88. The van der Waals surface area contributed by atoms with Gasteiger partial charge in [0.05, 0.1) is 5.78 Å². The zero-order valence-corrected chi connectivity index (χ0v) is 19.1. The summed E-state index contributed by atoms with van der Waals surface area (Å²) in [7, 11) is -0.0150. The van der Waals surface area contributed by atoms with E-state index in [1.54, 1.807) is 5.56 Å². The van der Waals surface area contributed by atoms with E-state index in [0.717, 1.165) is 11.3 Å². The number of rotatable bonds is 7. The quantitative estimate of drug-likeness (QED) is 0.429.